The lowest BCUT2D eigenvalue weighted by Crippen LogP contribution is -2.32. The summed E-state index contributed by atoms with van der Waals surface area (Å²) in [6, 6.07) is 7.35. The van der Waals surface area contributed by atoms with E-state index in [9.17, 15) is 14.7 Å². The number of carboxylic acids is 1. The molecule has 3 rings (SSSR count). The number of nitrogens with zero attached hydrogens (tertiary/aromatic N) is 2. The minimum absolute atomic E-state index is 0.136. The number of benzene rings is 1. The van der Waals surface area contributed by atoms with E-state index in [0.29, 0.717) is 18.5 Å². The molecule has 0 aliphatic heterocycles. The Morgan fingerprint density at radius 3 is 2.52 bits per heavy atom. The van der Waals surface area contributed by atoms with E-state index < -0.39 is 11.4 Å². The van der Waals surface area contributed by atoms with Crippen LogP contribution in [0.25, 0.3) is 5.69 Å². The van der Waals surface area contributed by atoms with Crippen LogP contribution >= 0.6 is 0 Å². The molecular formula is C16H18N2O3. The van der Waals surface area contributed by atoms with Crippen molar-refractivity contribution >= 4 is 5.97 Å². The summed E-state index contributed by atoms with van der Waals surface area (Å²) < 4.78 is 3.03. The number of rotatable bonds is 3. The molecular weight excluding hydrogens is 268 g/mol. The molecule has 1 aliphatic carbocycles. The maximum absolute atomic E-state index is 12.0. The van der Waals surface area contributed by atoms with E-state index in [1.54, 1.807) is 19.4 Å². The molecule has 5 nitrogen and oxygen atoms in total. The van der Waals surface area contributed by atoms with Crippen molar-refractivity contribution in [3.8, 4) is 5.69 Å². The van der Waals surface area contributed by atoms with Crippen LogP contribution in [0.15, 0.2) is 41.5 Å². The molecule has 5 heteroatoms. The molecule has 1 fully saturated rings. The lowest BCUT2D eigenvalue weighted by atomic mass is 9.79. The lowest BCUT2D eigenvalue weighted by Gasteiger charge is -2.24. The summed E-state index contributed by atoms with van der Waals surface area (Å²) in [5.41, 5.74) is 0.573. The van der Waals surface area contributed by atoms with Crippen molar-refractivity contribution in [3.63, 3.8) is 0 Å². The van der Waals surface area contributed by atoms with Gasteiger partial charge in [0.1, 0.15) is 0 Å². The fourth-order valence-corrected chi connectivity index (χ4v) is 3.22. The van der Waals surface area contributed by atoms with E-state index in [1.165, 1.54) is 9.13 Å². The number of hydrogen-bond acceptors (Lipinski definition) is 2. The first-order valence-corrected chi connectivity index (χ1v) is 7.13. The highest BCUT2D eigenvalue weighted by Crippen LogP contribution is 2.41. The molecule has 1 aromatic heterocycles. The maximum atomic E-state index is 12.0. The number of imidazole rings is 1. The Labute approximate surface area is 122 Å². The van der Waals surface area contributed by atoms with Crippen LogP contribution in [0.4, 0.5) is 0 Å². The first-order valence-electron chi connectivity index (χ1n) is 7.13. The molecule has 0 amide bonds. The molecule has 0 atom stereocenters. The molecule has 1 heterocycles. The van der Waals surface area contributed by atoms with Crippen LogP contribution in [-0.2, 0) is 17.3 Å². The summed E-state index contributed by atoms with van der Waals surface area (Å²) in [6.07, 6.45) is 6.58. The van der Waals surface area contributed by atoms with Gasteiger partial charge in [-0.15, -0.1) is 0 Å². The van der Waals surface area contributed by atoms with Crippen molar-refractivity contribution in [2.45, 2.75) is 31.1 Å². The van der Waals surface area contributed by atoms with Crippen LogP contribution in [0, 0.1) is 0 Å². The fourth-order valence-electron chi connectivity index (χ4n) is 3.22. The van der Waals surface area contributed by atoms with Crippen LogP contribution in [0.1, 0.15) is 31.2 Å². The largest absolute Gasteiger partial charge is 0.481 e. The molecule has 2 aromatic rings. The SMILES string of the molecule is Cn1ccn(-c2cccc(C3(C(=O)O)CCCC3)c2)c1=O. The average Bonchev–Trinajstić information content (AvgIpc) is 3.09. The normalized spacial score (nSPS) is 17.0. The van der Waals surface area contributed by atoms with Crippen LogP contribution in [0.2, 0.25) is 0 Å². The molecule has 1 aromatic carbocycles. The predicted octanol–water partition coefficient (Wildman–Crippen LogP) is 2.07. The van der Waals surface area contributed by atoms with Gasteiger partial charge in [-0.2, -0.15) is 0 Å². The second kappa shape index (κ2) is 4.91. The molecule has 110 valence electrons. The zero-order valence-corrected chi connectivity index (χ0v) is 12.0. The Kier molecular flexibility index (Phi) is 3.20. The zero-order chi connectivity index (χ0) is 15.0. The molecule has 1 N–H and O–H groups in total. The topological polar surface area (TPSA) is 64.2 Å². The Bertz CT molecular complexity index is 736. The van der Waals surface area contributed by atoms with Crippen LogP contribution in [-0.4, -0.2) is 20.2 Å². The van der Waals surface area contributed by atoms with Crippen molar-refractivity contribution in [3.05, 3.63) is 52.7 Å². The highest BCUT2D eigenvalue weighted by atomic mass is 16.4. The average molecular weight is 286 g/mol. The second-order valence-electron chi connectivity index (χ2n) is 5.71. The Hall–Kier alpha value is -2.30. The first kappa shape index (κ1) is 13.7. The monoisotopic (exact) mass is 286 g/mol. The van der Waals surface area contributed by atoms with Gasteiger partial charge in [-0.1, -0.05) is 25.0 Å². The third-order valence-electron chi connectivity index (χ3n) is 4.49. The summed E-state index contributed by atoms with van der Waals surface area (Å²) in [5, 5.41) is 9.66. The molecule has 0 unspecified atom stereocenters. The van der Waals surface area contributed by atoms with Crippen molar-refractivity contribution in [1.29, 1.82) is 0 Å². The van der Waals surface area contributed by atoms with E-state index in [1.807, 2.05) is 24.3 Å². The highest BCUT2D eigenvalue weighted by molar-refractivity contribution is 5.82. The minimum Gasteiger partial charge on any atom is -0.481 e. The fraction of sp³-hybridized carbons (Fsp3) is 0.375. The van der Waals surface area contributed by atoms with Crippen LogP contribution in [0.5, 0.6) is 0 Å². The molecule has 0 spiro atoms. The number of aryl methyl sites for hydroxylation is 1. The van der Waals surface area contributed by atoms with E-state index in [4.69, 9.17) is 0 Å². The van der Waals surface area contributed by atoms with Crippen molar-refractivity contribution in [2.24, 2.45) is 7.05 Å². The van der Waals surface area contributed by atoms with Gasteiger partial charge in [0.05, 0.1) is 11.1 Å². The van der Waals surface area contributed by atoms with Crippen LogP contribution < -0.4 is 5.69 Å². The number of carbonyl (C=O) groups is 1. The van der Waals surface area contributed by atoms with Gasteiger partial charge in [0.2, 0.25) is 0 Å². The van der Waals surface area contributed by atoms with E-state index in [-0.39, 0.29) is 5.69 Å². The van der Waals surface area contributed by atoms with E-state index in [2.05, 4.69) is 0 Å². The number of aromatic nitrogens is 2. The third-order valence-corrected chi connectivity index (χ3v) is 4.49. The smallest absolute Gasteiger partial charge is 0.332 e. The maximum Gasteiger partial charge on any atom is 0.332 e. The summed E-state index contributed by atoms with van der Waals surface area (Å²) in [6.45, 7) is 0. The van der Waals surface area contributed by atoms with Gasteiger partial charge in [0, 0.05) is 19.4 Å². The molecule has 0 saturated heterocycles. The van der Waals surface area contributed by atoms with Crippen LogP contribution in [0.3, 0.4) is 0 Å². The van der Waals surface area contributed by atoms with Gasteiger partial charge in [0.25, 0.3) is 0 Å². The Balaban J connectivity index is 2.10. The lowest BCUT2D eigenvalue weighted by molar-refractivity contribution is -0.143. The van der Waals surface area contributed by atoms with Gasteiger partial charge in [-0.05, 0) is 30.5 Å². The quantitative estimate of drug-likeness (QED) is 0.939. The first-order chi connectivity index (χ1) is 10.0. The molecule has 0 bridgehead atoms. The molecule has 0 radical (unpaired) electrons. The van der Waals surface area contributed by atoms with Crippen molar-refractivity contribution < 1.29 is 9.90 Å². The van der Waals surface area contributed by atoms with E-state index >= 15 is 0 Å². The highest BCUT2D eigenvalue weighted by Gasteiger charge is 2.42. The Morgan fingerprint density at radius 2 is 1.95 bits per heavy atom. The van der Waals surface area contributed by atoms with Gasteiger partial charge in [-0.3, -0.25) is 9.36 Å². The molecule has 1 saturated carbocycles. The number of carboxylic acid groups (broad SMARTS) is 1. The summed E-state index contributed by atoms with van der Waals surface area (Å²) >= 11 is 0. The standard InChI is InChI=1S/C16H18N2O3/c1-17-9-10-18(15(17)21)13-6-4-5-12(11-13)16(14(19)20)7-2-3-8-16/h4-6,9-11H,2-3,7-8H2,1H3,(H,19,20). The van der Waals surface area contributed by atoms with Gasteiger partial charge in [0.15, 0.2) is 0 Å². The number of hydrogen-bond donors (Lipinski definition) is 1. The molecule has 1 aliphatic rings. The predicted molar refractivity (Wildman–Crippen MR) is 78.8 cm³/mol. The zero-order valence-electron chi connectivity index (χ0n) is 12.0. The van der Waals surface area contributed by atoms with Gasteiger partial charge < -0.3 is 9.67 Å². The number of aliphatic carboxylic acids is 1. The molecule has 21 heavy (non-hydrogen) atoms. The minimum atomic E-state index is -0.797. The third kappa shape index (κ3) is 2.09. The summed E-state index contributed by atoms with van der Waals surface area (Å²) in [4.78, 5) is 23.8. The van der Waals surface area contributed by atoms with Gasteiger partial charge >= 0.3 is 11.7 Å². The van der Waals surface area contributed by atoms with Crippen molar-refractivity contribution in [2.75, 3.05) is 0 Å². The Morgan fingerprint density at radius 1 is 1.24 bits per heavy atom. The summed E-state index contributed by atoms with van der Waals surface area (Å²) in [5.74, 6) is -0.766. The van der Waals surface area contributed by atoms with Crippen molar-refractivity contribution in [1.82, 2.24) is 9.13 Å². The van der Waals surface area contributed by atoms with Gasteiger partial charge in [-0.25, -0.2) is 4.79 Å². The van der Waals surface area contributed by atoms with E-state index in [0.717, 1.165) is 18.4 Å². The second-order valence-corrected chi connectivity index (χ2v) is 5.71. The summed E-state index contributed by atoms with van der Waals surface area (Å²) in [7, 11) is 1.69.